The third kappa shape index (κ3) is 3.15. The Morgan fingerprint density at radius 2 is 1.93 bits per heavy atom. The van der Waals surface area contributed by atoms with Crippen molar-refractivity contribution in [2.24, 2.45) is 0 Å². The molecule has 2 aromatic rings. The molecule has 0 aromatic heterocycles. The summed E-state index contributed by atoms with van der Waals surface area (Å²) in [4.78, 5) is 1.71. The molecule has 5 rings (SSSR count). The Hall–Kier alpha value is -2.30. The normalized spacial score (nSPS) is 28.3. The summed E-state index contributed by atoms with van der Waals surface area (Å²) in [6, 6.07) is 15.5. The number of piperidine rings is 1. The summed E-state index contributed by atoms with van der Waals surface area (Å²) in [5, 5.41) is 2.41. The molecule has 0 amide bonds. The van der Waals surface area contributed by atoms with E-state index in [9.17, 15) is 0 Å². The number of likely N-dealkylation sites (tertiary alicyclic amines) is 1. The number of fused-ring (bicyclic) bond motifs is 4. The smallest absolute Gasteiger partial charge is 0.191 e. The number of hydrogen-bond acceptors (Lipinski definition) is 3. The summed E-state index contributed by atoms with van der Waals surface area (Å²) < 4.78 is 6.76. The first-order chi connectivity index (χ1) is 14.1. The van der Waals surface area contributed by atoms with Crippen LogP contribution < -0.4 is 15.1 Å². The monoisotopic (exact) mass is 390 g/mol. The molecule has 1 fully saturated rings. The number of ether oxygens (including phenoxy) is 1. The fraction of sp³-hybridized carbons (Fsp3) is 0.440. The van der Waals surface area contributed by atoms with Crippen molar-refractivity contribution < 1.29 is 9.64 Å². The lowest BCUT2D eigenvalue weighted by Gasteiger charge is -2.50. The second kappa shape index (κ2) is 7.19. The molecule has 1 saturated heterocycles. The summed E-state index contributed by atoms with van der Waals surface area (Å²) in [5.74, 6) is 1.05. The molecule has 0 bridgehead atoms. The summed E-state index contributed by atoms with van der Waals surface area (Å²) in [6.45, 7) is 10.2. The molecule has 4 nitrogen and oxygen atoms in total. The first-order valence-corrected chi connectivity index (χ1v) is 11.1. The second-order valence-electron chi connectivity index (χ2n) is 8.91. The van der Waals surface area contributed by atoms with Gasteiger partial charge in [0, 0.05) is 11.1 Å². The summed E-state index contributed by atoms with van der Waals surface area (Å²) in [7, 11) is 0. The van der Waals surface area contributed by atoms with Crippen LogP contribution >= 0.6 is 0 Å². The highest BCUT2D eigenvalue weighted by atomic mass is 16.5. The van der Waals surface area contributed by atoms with Gasteiger partial charge in [-0.3, -0.25) is 0 Å². The van der Waals surface area contributed by atoms with Crippen molar-refractivity contribution in [2.45, 2.75) is 51.8 Å². The fourth-order valence-corrected chi connectivity index (χ4v) is 5.24. The minimum atomic E-state index is -0.272. The van der Waals surface area contributed by atoms with Gasteiger partial charge in [-0.1, -0.05) is 42.8 Å². The molecule has 4 heteroatoms. The largest absolute Gasteiger partial charge is 0.470 e. The molecule has 0 radical (unpaired) electrons. The van der Waals surface area contributed by atoms with Crippen LogP contribution in [0.25, 0.3) is 5.70 Å². The van der Waals surface area contributed by atoms with Gasteiger partial charge in [0.2, 0.25) is 0 Å². The maximum atomic E-state index is 6.76. The van der Waals surface area contributed by atoms with Crippen molar-refractivity contribution in [2.75, 3.05) is 19.6 Å². The maximum Gasteiger partial charge on any atom is 0.191 e. The third-order valence-electron chi connectivity index (χ3n) is 6.85. The minimum absolute atomic E-state index is 0.211. The predicted octanol–water partition coefficient (Wildman–Crippen LogP) is 3.38. The fourth-order valence-electron chi connectivity index (χ4n) is 5.24. The van der Waals surface area contributed by atoms with E-state index in [1.807, 2.05) is 0 Å². The van der Waals surface area contributed by atoms with Crippen LogP contribution in [0.5, 0.6) is 5.75 Å². The van der Waals surface area contributed by atoms with Gasteiger partial charge in [0.05, 0.1) is 44.2 Å². The number of rotatable bonds is 3. The van der Waals surface area contributed by atoms with Crippen molar-refractivity contribution in [1.29, 1.82) is 0 Å². The van der Waals surface area contributed by atoms with Crippen LogP contribution in [0, 0.1) is 13.8 Å². The minimum Gasteiger partial charge on any atom is -0.470 e. The zero-order chi connectivity index (χ0) is 20.0. The molecule has 2 aromatic carbocycles. The Kier molecular flexibility index (Phi) is 4.64. The van der Waals surface area contributed by atoms with Crippen LogP contribution in [0.4, 0.5) is 0 Å². The number of aryl methyl sites for hydroxylation is 2. The highest BCUT2D eigenvalue weighted by Gasteiger charge is 2.52. The van der Waals surface area contributed by atoms with Crippen molar-refractivity contribution >= 4 is 5.70 Å². The van der Waals surface area contributed by atoms with E-state index in [2.05, 4.69) is 79.7 Å². The van der Waals surface area contributed by atoms with Crippen molar-refractivity contribution in [3.8, 4) is 5.75 Å². The lowest BCUT2D eigenvalue weighted by atomic mass is 9.92. The Balaban J connectivity index is 1.52. The first-order valence-electron chi connectivity index (χ1n) is 11.1. The number of nitrogens with zero attached hydrogens (tertiary/aromatic N) is 1. The molecule has 1 atom stereocenters. The number of quaternary nitrogens is 1. The van der Waals surface area contributed by atoms with Gasteiger partial charge in [0.1, 0.15) is 5.75 Å². The first kappa shape index (κ1) is 18.7. The van der Waals surface area contributed by atoms with E-state index in [1.54, 1.807) is 4.90 Å². The Morgan fingerprint density at radius 1 is 1.14 bits per heavy atom. The number of nitrogens with one attached hydrogen (secondary N) is 2. The van der Waals surface area contributed by atoms with Gasteiger partial charge in [-0.25, -0.2) is 0 Å². The van der Waals surface area contributed by atoms with Gasteiger partial charge in [-0.15, -0.1) is 0 Å². The van der Waals surface area contributed by atoms with Crippen LogP contribution in [0.1, 0.15) is 54.5 Å². The van der Waals surface area contributed by atoms with E-state index in [1.165, 1.54) is 54.0 Å². The molecule has 3 aliphatic rings. The SMILES string of the molecule is CCC[NH+]1CCC2(CC1)Oc1ccccc1[C@H]1C=C(c3cc(C)ccc3C)NN12. The highest BCUT2D eigenvalue weighted by Crippen LogP contribution is 2.47. The molecular formula is C25H32N3O+. The Labute approximate surface area is 174 Å². The van der Waals surface area contributed by atoms with Gasteiger partial charge < -0.3 is 15.1 Å². The highest BCUT2D eigenvalue weighted by molar-refractivity contribution is 5.70. The zero-order valence-electron chi connectivity index (χ0n) is 17.8. The van der Waals surface area contributed by atoms with Gasteiger partial charge in [0.25, 0.3) is 0 Å². The third-order valence-corrected chi connectivity index (χ3v) is 6.85. The molecule has 0 unspecified atom stereocenters. The molecule has 2 N–H and O–H groups in total. The maximum absolute atomic E-state index is 6.76. The molecule has 3 aliphatic heterocycles. The summed E-state index contributed by atoms with van der Waals surface area (Å²) in [5.41, 5.74) is 9.87. The quantitative estimate of drug-likeness (QED) is 0.842. The van der Waals surface area contributed by atoms with Crippen LogP contribution in [-0.2, 0) is 0 Å². The molecule has 1 spiro atoms. The number of hydrogen-bond donors (Lipinski definition) is 2. The molecule has 3 heterocycles. The lowest BCUT2D eigenvalue weighted by molar-refractivity contribution is -0.908. The van der Waals surface area contributed by atoms with Crippen LogP contribution in [0.3, 0.4) is 0 Å². The van der Waals surface area contributed by atoms with Crippen molar-refractivity contribution in [3.05, 3.63) is 70.8 Å². The van der Waals surface area contributed by atoms with Gasteiger partial charge in [-0.05, 0) is 44.0 Å². The van der Waals surface area contributed by atoms with Crippen LogP contribution in [0.15, 0.2) is 48.5 Å². The Bertz CT molecular complexity index is 943. The van der Waals surface area contributed by atoms with Gasteiger partial charge in [0.15, 0.2) is 5.72 Å². The average Bonchev–Trinajstić information content (AvgIpc) is 3.18. The molecular weight excluding hydrogens is 358 g/mol. The second-order valence-corrected chi connectivity index (χ2v) is 8.91. The number of benzene rings is 2. The van der Waals surface area contributed by atoms with E-state index in [0.717, 1.165) is 18.6 Å². The topological polar surface area (TPSA) is 28.9 Å². The Morgan fingerprint density at radius 3 is 2.72 bits per heavy atom. The lowest BCUT2D eigenvalue weighted by Crippen LogP contribution is -3.14. The standard InChI is InChI=1S/C25H31N3O/c1-4-13-27-14-11-25(12-15-27)28-23(20-7-5-6-8-24(20)29-25)17-22(26-28)21-16-18(2)9-10-19(21)3/h5-10,16-17,23,26H,4,11-15H2,1-3H3/p+1/t23-/m1/s1. The summed E-state index contributed by atoms with van der Waals surface area (Å²) >= 11 is 0. The van der Waals surface area contributed by atoms with E-state index in [4.69, 9.17) is 4.74 Å². The average molecular weight is 391 g/mol. The van der Waals surface area contributed by atoms with E-state index in [-0.39, 0.29) is 11.8 Å². The van der Waals surface area contributed by atoms with Crippen LogP contribution in [0.2, 0.25) is 0 Å². The number of para-hydroxylation sites is 1. The van der Waals surface area contributed by atoms with E-state index < -0.39 is 0 Å². The molecule has 29 heavy (non-hydrogen) atoms. The van der Waals surface area contributed by atoms with E-state index >= 15 is 0 Å². The van der Waals surface area contributed by atoms with Crippen molar-refractivity contribution in [1.82, 2.24) is 10.4 Å². The molecule has 0 aliphatic carbocycles. The zero-order valence-corrected chi connectivity index (χ0v) is 17.8. The van der Waals surface area contributed by atoms with Crippen LogP contribution in [-0.4, -0.2) is 30.4 Å². The van der Waals surface area contributed by atoms with E-state index in [0.29, 0.717) is 0 Å². The number of hydrazine groups is 1. The molecule has 152 valence electrons. The van der Waals surface area contributed by atoms with Gasteiger partial charge in [-0.2, -0.15) is 5.01 Å². The van der Waals surface area contributed by atoms with Crippen molar-refractivity contribution in [3.63, 3.8) is 0 Å². The predicted molar refractivity (Wildman–Crippen MR) is 116 cm³/mol. The summed E-state index contributed by atoms with van der Waals surface area (Å²) in [6.07, 6.45) is 5.74. The molecule has 0 saturated carbocycles. The van der Waals surface area contributed by atoms with Gasteiger partial charge >= 0.3 is 0 Å².